The van der Waals surface area contributed by atoms with Crippen LogP contribution in [0.4, 0.5) is 0 Å². The van der Waals surface area contributed by atoms with Crippen LogP contribution in [0, 0.1) is 5.92 Å². The Bertz CT molecular complexity index is 322. The van der Waals surface area contributed by atoms with Gasteiger partial charge in [-0.2, -0.15) is 0 Å². The van der Waals surface area contributed by atoms with E-state index in [0.717, 1.165) is 51.9 Å². The first-order valence-corrected chi connectivity index (χ1v) is 8.47. The van der Waals surface area contributed by atoms with E-state index in [9.17, 15) is 4.79 Å². The minimum Gasteiger partial charge on any atom is -0.376 e. The van der Waals surface area contributed by atoms with Gasteiger partial charge in [0.15, 0.2) is 0 Å². The molecular formula is C16H29ClN2O2. The summed E-state index contributed by atoms with van der Waals surface area (Å²) in [6.07, 6.45) is 9.70. The van der Waals surface area contributed by atoms with E-state index in [1.54, 1.807) is 0 Å². The third-order valence-electron chi connectivity index (χ3n) is 5.12. The first-order chi connectivity index (χ1) is 9.84. The number of amides is 1. The molecule has 3 rings (SSSR count). The van der Waals surface area contributed by atoms with Gasteiger partial charge >= 0.3 is 0 Å². The van der Waals surface area contributed by atoms with Crippen LogP contribution in [0.1, 0.15) is 51.4 Å². The maximum absolute atomic E-state index is 12.9. The van der Waals surface area contributed by atoms with Gasteiger partial charge in [0, 0.05) is 25.7 Å². The van der Waals surface area contributed by atoms with E-state index in [-0.39, 0.29) is 24.4 Å². The third-order valence-corrected chi connectivity index (χ3v) is 5.12. The molecule has 2 atom stereocenters. The summed E-state index contributed by atoms with van der Waals surface area (Å²) in [7, 11) is 0. The van der Waals surface area contributed by atoms with Crippen LogP contribution in [0.2, 0.25) is 0 Å². The second-order valence-electron chi connectivity index (χ2n) is 6.61. The molecule has 0 aromatic rings. The fourth-order valence-corrected chi connectivity index (χ4v) is 3.94. The molecule has 3 fully saturated rings. The van der Waals surface area contributed by atoms with E-state index in [4.69, 9.17) is 4.74 Å². The van der Waals surface area contributed by atoms with Gasteiger partial charge in [0.2, 0.25) is 5.91 Å². The molecule has 21 heavy (non-hydrogen) atoms. The summed E-state index contributed by atoms with van der Waals surface area (Å²) in [5.41, 5.74) is 0. The van der Waals surface area contributed by atoms with Crippen molar-refractivity contribution in [2.75, 3.05) is 26.2 Å². The van der Waals surface area contributed by atoms with Crippen molar-refractivity contribution in [2.45, 2.75) is 63.5 Å². The van der Waals surface area contributed by atoms with Crippen LogP contribution < -0.4 is 5.32 Å². The highest BCUT2D eigenvalue weighted by Gasteiger charge is 2.34. The average Bonchev–Trinajstić information content (AvgIpc) is 3.18. The number of carbonyl (C=O) groups excluding carboxylic acids is 1. The molecule has 3 aliphatic rings. The molecule has 2 aliphatic heterocycles. The van der Waals surface area contributed by atoms with Gasteiger partial charge in [-0.15, -0.1) is 12.4 Å². The molecule has 0 aromatic heterocycles. The number of halogens is 1. The Labute approximate surface area is 134 Å². The molecule has 2 heterocycles. The number of hydrogen-bond acceptors (Lipinski definition) is 3. The Kier molecular flexibility index (Phi) is 6.77. The predicted molar refractivity (Wildman–Crippen MR) is 85.8 cm³/mol. The summed E-state index contributed by atoms with van der Waals surface area (Å²) in [6.45, 7) is 3.65. The fraction of sp³-hybridized carbons (Fsp3) is 0.938. The quantitative estimate of drug-likeness (QED) is 0.865. The molecule has 122 valence electrons. The topological polar surface area (TPSA) is 41.6 Å². The van der Waals surface area contributed by atoms with Crippen LogP contribution in [0.25, 0.3) is 0 Å². The van der Waals surface area contributed by atoms with Crippen molar-refractivity contribution in [3.63, 3.8) is 0 Å². The molecule has 1 saturated carbocycles. The van der Waals surface area contributed by atoms with Gasteiger partial charge in [0.1, 0.15) is 0 Å². The molecule has 2 unspecified atom stereocenters. The highest BCUT2D eigenvalue weighted by atomic mass is 35.5. The SMILES string of the molecule is Cl.O=C(C1CCCNC1)N(CC1CCCO1)C1CCCC1. The molecule has 0 bridgehead atoms. The Balaban J connectivity index is 0.00000161. The maximum atomic E-state index is 12.9. The second kappa shape index (κ2) is 8.35. The van der Waals surface area contributed by atoms with Crippen LogP contribution in [0.5, 0.6) is 0 Å². The van der Waals surface area contributed by atoms with Crippen LogP contribution in [-0.4, -0.2) is 49.2 Å². The molecule has 0 spiro atoms. The predicted octanol–water partition coefficient (Wildman–Crippen LogP) is 2.36. The van der Waals surface area contributed by atoms with Crippen molar-refractivity contribution in [1.82, 2.24) is 10.2 Å². The number of nitrogens with one attached hydrogen (secondary N) is 1. The molecule has 4 nitrogen and oxygen atoms in total. The van der Waals surface area contributed by atoms with Crippen LogP contribution >= 0.6 is 12.4 Å². The number of carbonyl (C=O) groups is 1. The van der Waals surface area contributed by atoms with Crippen molar-refractivity contribution in [1.29, 1.82) is 0 Å². The number of nitrogens with zero attached hydrogens (tertiary/aromatic N) is 1. The van der Waals surface area contributed by atoms with Crippen LogP contribution in [0.15, 0.2) is 0 Å². The van der Waals surface area contributed by atoms with Gasteiger partial charge < -0.3 is 15.0 Å². The summed E-state index contributed by atoms with van der Waals surface area (Å²) >= 11 is 0. The van der Waals surface area contributed by atoms with E-state index in [1.165, 1.54) is 25.7 Å². The molecule has 0 radical (unpaired) electrons. The molecule has 1 N–H and O–H groups in total. The number of piperidine rings is 1. The number of ether oxygens (including phenoxy) is 1. The minimum atomic E-state index is 0. The minimum absolute atomic E-state index is 0. The molecule has 1 amide bonds. The van der Waals surface area contributed by atoms with E-state index in [1.807, 2.05) is 0 Å². The summed E-state index contributed by atoms with van der Waals surface area (Å²) in [6, 6.07) is 0.480. The Hall–Kier alpha value is -0.320. The lowest BCUT2D eigenvalue weighted by Crippen LogP contribution is -2.49. The van der Waals surface area contributed by atoms with Gasteiger partial charge in [-0.05, 0) is 45.1 Å². The zero-order chi connectivity index (χ0) is 13.8. The Morgan fingerprint density at radius 2 is 1.90 bits per heavy atom. The molecule has 5 heteroatoms. The smallest absolute Gasteiger partial charge is 0.227 e. The van der Waals surface area contributed by atoms with Crippen LogP contribution in [-0.2, 0) is 9.53 Å². The van der Waals surface area contributed by atoms with E-state index >= 15 is 0 Å². The summed E-state index contributed by atoms with van der Waals surface area (Å²) in [5.74, 6) is 0.588. The standard InChI is InChI=1S/C16H28N2O2.ClH/c19-16(13-5-3-9-17-11-13)18(14-6-1-2-7-14)12-15-8-4-10-20-15;/h13-15,17H,1-12H2;1H. The van der Waals surface area contributed by atoms with Gasteiger partial charge in [0.25, 0.3) is 0 Å². The maximum Gasteiger partial charge on any atom is 0.227 e. The van der Waals surface area contributed by atoms with Crippen molar-refractivity contribution < 1.29 is 9.53 Å². The highest BCUT2D eigenvalue weighted by molar-refractivity contribution is 5.85. The van der Waals surface area contributed by atoms with Gasteiger partial charge in [-0.1, -0.05) is 12.8 Å². The Morgan fingerprint density at radius 3 is 2.52 bits per heavy atom. The monoisotopic (exact) mass is 316 g/mol. The van der Waals surface area contributed by atoms with Gasteiger partial charge in [-0.3, -0.25) is 4.79 Å². The highest BCUT2D eigenvalue weighted by Crippen LogP contribution is 2.27. The normalized spacial score (nSPS) is 30.1. The van der Waals surface area contributed by atoms with Gasteiger partial charge in [-0.25, -0.2) is 0 Å². The number of hydrogen-bond donors (Lipinski definition) is 1. The third kappa shape index (κ3) is 4.33. The zero-order valence-electron chi connectivity index (χ0n) is 12.9. The summed E-state index contributed by atoms with van der Waals surface area (Å²) < 4.78 is 5.77. The van der Waals surface area contributed by atoms with E-state index in [0.29, 0.717) is 11.9 Å². The molecule has 1 aliphatic carbocycles. The molecule has 2 saturated heterocycles. The zero-order valence-corrected chi connectivity index (χ0v) is 13.7. The average molecular weight is 317 g/mol. The fourth-order valence-electron chi connectivity index (χ4n) is 3.94. The summed E-state index contributed by atoms with van der Waals surface area (Å²) in [4.78, 5) is 15.1. The van der Waals surface area contributed by atoms with Crippen molar-refractivity contribution >= 4 is 18.3 Å². The second-order valence-corrected chi connectivity index (χ2v) is 6.61. The van der Waals surface area contributed by atoms with Crippen LogP contribution in [0.3, 0.4) is 0 Å². The van der Waals surface area contributed by atoms with Crippen molar-refractivity contribution in [2.24, 2.45) is 5.92 Å². The summed E-state index contributed by atoms with van der Waals surface area (Å²) in [5, 5.41) is 3.38. The first-order valence-electron chi connectivity index (χ1n) is 8.47. The first kappa shape index (κ1) is 17.0. The Morgan fingerprint density at radius 1 is 1.10 bits per heavy atom. The molecular weight excluding hydrogens is 288 g/mol. The van der Waals surface area contributed by atoms with E-state index < -0.39 is 0 Å². The van der Waals surface area contributed by atoms with Crippen molar-refractivity contribution in [3.05, 3.63) is 0 Å². The number of rotatable bonds is 4. The van der Waals surface area contributed by atoms with E-state index in [2.05, 4.69) is 10.2 Å². The molecule has 0 aromatic carbocycles. The lowest BCUT2D eigenvalue weighted by Gasteiger charge is -2.35. The largest absolute Gasteiger partial charge is 0.376 e. The van der Waals surface area contributed by atoms with Gasteiger partial charge in [0.05, 0.1) is 12.0 Å². The lowest BCUT2D eigenvalue weighted by atomic mass is 9.96. The van der Waals surface area contributed by atoms with Crippen molar-refractivity contribution in [3.8, 4) is 0 Å². The lowest BCUT2D eigenvalue weighted by molar-refractivity contribution is -0.140.